The average Bonchev–Trinajstić information content (AvgIpc) is 3.17. The van der Waals surface area contributed by atoms with Gasteiger partial charge in [-0.2, -0.15) is 0 Å². The lowest BCUT2D eigenvalue weighted by Gasteiger charge is -2.21. The number of nitrogens with zero attached hydrogens (tertiary/aromatic N) is 5. The van der Waals surface area contributed by atoms with Crippen molar-refractivity contribution in [3.63, 3.8) is 0 Å². The van der Waals surface area contributed by atoms with E-state index in [1.165, 1.54) is 17.1 Å². The van der Waals surface area contributed by atoms with Gasteiger partial charge in [-0.25, -0.2) is 24.3 Å². The van der Waals surface area contributed by atoms with Crippen LogP contribution in [0.5, 0.6) is 0 Å². The highest BCUT2D eigenvalue weighted by Crippen LogP contribution is 2.38. The zero-order valence-corrected chi connectivity index (χ0v) is 16.6. The van der Waals surface area contributed by atoms with Gasteiger partial charge in [0, 0.05) is 12.5 Å². The Morgan fingerprint density at radius 1 is 1.39 bits per heavy atom. The molecule has 0 amide bonds. The molecule has 0 aliphatic heterocycles. The summed E-state index contributed by atoms with van der Waals surface area (Å²) in [5, 5.41) is 11.4. The van der Waals surface area contributed by atoms with Gasteiger partial charge in [0.2, 0.25) is 5.16 Å². The van der Waals surface area contributed by atoms with Crippen LogP contribution in [0.25, 0.3) is 16.9 Å². The van der Waals surface area contributed by atoms with Gasteiger partial charge < -0.3 is 5.11 Å². The van der Waals surface area contributed by atoms with Crippen molar-refractivity contribution >= 4 is 21.8 Å². The number of fused-ring (bicyclic) bond motifs is 2. The van der Waals surface area contributed by atoms with E-state index in [0.29, 0.717) is 35.4 Å². The molecule has 3 aromatic heterocycles. The maximum absolute atomic E-state index is 12.9. The first-order valence-electron chi connectivity index (χ1n) is 9.05. The Bertz CT molecular complexity index is 1180. The lowest BCUT2D eigenvalue weighted by Crippen LogP contribution is -2.25. The summed E-state index contributed by atoms with van der Waals surface area (Å²) in [6.45, 7) is 5.90. The molecule has 0 fully saturated rings. The van der Waals surface area contributed by atoms with Crippen molar-refractivity contribution in [1.29, 1.82) is 0 Å². The van der Waals surface area contributed by atoms with Gasteiger partial charge in [-0.3, -0.25) is 9.00 Å². The number of pyridine rings is 1. The summed E-state index contributed by atoms with van der Waals surface area (Å²) in [6, 6.07) is 3.74. The first kappa shape index (κ1) is 18.7. The molecule has 4 rings (SSSR count). The lowest BCUT2D eigenvalue weighted by atomic mass is 9.98. The van der Waals surface area contributed by atoms with Crippen LogP contribution >= 0.6 is 0 Å². The van der Waals surface area contributed by atoms with E-state index < -0.39 is 16.4 Å². The maximum Gasteiger partial charge on any atom is 0.278 e. The van der Waals surface area contributed by atoms with Crippen LogP contribution in [-0.4, -0.2) is 39.9 Å². The number of aromatic nitrogens is 5. The second kappa shape index (κ2) is 6.75. The molecule has 3 heterocycles. The van der Waals surface area contributed by atoms with E-state index in [9.17, 15) is 14.1 Å². The Morgan fingerprint density at radius 2 is 2.18 bits per heavy atom. The van der Waals surface area contributed by atoms with Crippen LogP contribution in [0.15, 0.2) is 40.9 Å². The van der Waals surface area contributed by atoms with Gasteiger partial charge >= 0.3 is 0 Å². The number of hydrogen-bond donors (Lipinski definition) is 1. The summed E-state index contributed by atoms with van der Waals surface area (Å²) >= 11 is 0. The lowest BCUT2D eigenvalue weighted by molar-refractivity contribution is 0.0306. The van der Waals surface area contributed by atoms with Gasteiger partial charge in [0.15, 0.2) is 11.5 Å². The van der Waals surface area contributed by atoms with Crippen LogP contribution in [-0.2, 0) is 29.4 Å². The molecular formula is C19H21N5O3S. The molecule has 0 spiro atoms. The third-order valence-electron chi connectivity index (χ3n) is 5.23. The van der Waals surface area contributed by atoms with Crippen molar-refractivity contribution < 1.29 is 9.32 Å². The Hall–Kier alpha value is -2.65. The SMILES string of the molecule is C=CCn1c(=O)c2cnc(S(C)=O)nc2n1-c1ccc2c(n1)C(O)(CC)CC2. The molecule has 1 aliphatic carbocycles. The second-order valence-corrected chi connectivity index (χ2v) is 8.17. The number of hydrogen-bond acceptors (Lipinski definition) is 6. The van der Waals surface area contributed by atoms with E-state index >= 15 is 0 Å². The molecule has 9 heteroatoms. The maximum atomic E-state index is 12.9. The standard InChI is InChI=1S/C19H21N5O3S/c1-4-10-23-17(25)13-11-20-18(28(3)27)22-16(13)24(23)14-7-6-12-8-9-19(26,5-2)15(12)21-14/h4,6-7,11,26H,1,5,8-10H2,2-3H3. The molecule has 0 bridgehead atoms. The van der Waals surface area contributed by atoms with Crippen LogP contribution in [0.1, 0.15) is 31.0 Å². The van der Waals surface area contributed by atoms with Crippen LogP contribution in [0.4, 0.5) is 0 Å². The second-order valence-electron chi connectivity index (χ2n) is 6.89. The predicted molar refractivity (Wildman–Crippen MR) is 106 cm³/mol. The molecule has 1 aliphatic rings. The highest BCUT2D eigenvalue weighted by Gasteiger charge is 2.37. The van der Waals surface area contributed by atoms with Crippen molar-refractivity contribution in [2.75, 3.05) is 6.26 Å². The summed E-state index contributed by atoms with van der Waals surface area (Å²) in [6.07, 6.45) is 6.44. The third-order valence-corrected chi connectivity index (χ3v) is 5.94. The molecule has 3 aromatic rings. The van der Waals surface area contributed by atoms with Crippen LogP contribution < -0.4 is 5.56 Å². The predicted octanol–water partition coefficient (Wildman–Crippen LogP) is 1.44. The van der Waals surface area contributed by atoms with E-state index in [-0.39, 0.29) is 17.3 Å². The molecule has 0 radical (unpaired) electrons. The minimum atomic E-state index is -1.39. The first-order chi connectivity index (χ1) is 13.4. The minimum Gasteiger partial charge on any atom is -0.384 e. The molecular weight excluding hydrogens is 378 g/mol. The molecule has 2 atom stereocenters. The molecule has 0 saturated carbocycles. The Balaban J connectivity index is 2.03. The molecule has 0 saturated heterocycles. The Morgan fingerprint density at radius 3 is 2.86 bits per heavy atom. The molecule has 8 nitrogen and oxygen atoms in total. The van der Waals surface area contributed by atoms with E-state index in [0.717, 1.165) is 12.0 Å². The smallest absolute Gasteiger partial charge is 0.278 e. The zero-order chi connectivity index (χ0) is 20.1. The van der Waals surface area contributed by atoms with Gasteiger partial charge in [0.25, 0.3) is 5.56 Å². The molecule has 1 N–H and O–H groups in total. The van der Waals surface area contributed by atoms with Crippen molar-refractivity contribution in [1.82, 2.24) is 24.3 Å². The third kappa shape index (κ3) is 2.73. The fraction of sp³-hybridized carbons (Fsp3) is 0.368. The largest absolute Gasteiger partial charge is 0.384 e. The van der Waals surface area contributed by atoms with Crippen molar-refractivity contribution in [3.05, 3.63) is 52.6 Å². The topological polar surface area (TPSA) is 103 Å². The normalized spacial score (nSPS) is 19.7. The number of aryl methyl sites for hydroxylation is 1. The van der Waals surface area contributed by atoms with Crippen LogP contribution in [0, 0.1) is 0 Å². The molecule has 2 unspecified atom stereocenters. The zero-order valence-electron chi connectivity index (χ0n) is 15.8. The van der Waals surface area contributed by atoms with Crippen LogP contribution in [0.3, 0.4) is 0 Å². The van der Waals surface area contributed by atoms with Crippen molar-refractivity contribution in [2.24, 2.45) is 0 Å². The van der Waals surface area contributed by atoms with E-state index in [1.54, 1.807) is 10.8 Å². The molecule has 28 heavy (non-hydrogen) atoms. The van der Waals surface area contributed by atoms with Crippen LogP contribution in [0.2, 0.25) is 0 Å². The number of rotatable bonds is 5. The highest BCUT2D eigenvalue weighted by atomic mass is 32.2. The van der Waals surface area contributed by atoms with Crippen molar-refractivity contribution in [2.45, 2.75) is 43.5 Å². The molecule has 146 valence electrons. The Kier molecular flexibility index (Phi) is 4.51. The summed E-state index contributed by atoms with van der Waals surface area (Å²) in [7, 11) is -1.39. The average molecular weight is 399 g/mol. The fourth-order valence-electron chi connectivity index (χ4n) is 3.68. The molecule has 0 aromatic carbocycles. The van der Waals surface area contributed by atoms with E-state index in [2.05, 4.69) is 16.5 Å². The van der Waals surface area contributed by atoms with Crippen molar-refractivity contribution in [3.8, 4) is 5.82 Å². The quantitative estimate of drug-likeness (QED) is 0.514. The number of aliphatic hydroxyl groups is 1. The number of allylic oxidation sites excluding steroid dienone is 1. The van der Waals surface area contributed by atoms with Gasteiger partial charge in [0.05, 0.1) is 23.0 Å². The highest BCUT2D eigenvalue weighted by molar-refractivity contribution is 7.84. The summed E-state index contributed by atoms with van der Waals surface area (Å²) in [5.41, 5.74) is 0.726. The fourth-order valence-corrected chi connectivity index (χ4v) is 4.09. The Labute approximate surface area is 164 Å². The first-order valence-corrected chi connectivity index (χ1v) is 10.6. The van der Waals surface area contributed by atoms with Gasteiger partial charge in [0.1, 0.15) is 11.0 Å². The summed E-state index contributed by atoms with van der Waals surface area (Å²) in [4.78, 5) is 26.0. The van der Waals surface area contributed by atoms with Gasteiger partial charge in [-0.05, 0) is 30.9 Å². The monoisotopic (exact) mass is 399 g/mol. The summed E-state index contributed by atoms with van der Waals surface area (Å²) in [5.74, 6) is 0.466. The van der Waals surface area contributed by atoms with E-state index in [1.807, 2.05) is 19.1 Å². The summed E-state index contributed by atoms with van der Waals surface area (Å²) < 4.78 is 14.9. The van der Waals surface area contributed by atoms with Gasteiger partial charge in [-0.1, -0.05) is 19.1 Å². The minimum absolute atomic E-state index is 0.142. The van der Waals surface area contributed by atoms with E-state index in [4.69, 9.17) is 4.98 Å². The van der Waals surface area contributed by atoms with Gasteiger partial charge in [-0.15, -0.1) is 6.58 Å².